The fourth-order valence-corrected chi connectivity index (χ4v) is 0.641. The van der Waals surface area contributed by atoms with Gasteiger partial charge in [0, 0.05) is 7.05 Å². The lowest BCUT2D eigenvalue weighted by Crippen LogP contribution is -1.89. The second-order valence-corrected chi connectivity index (χ2v) is 1.93. The van der Waals surface area contributed by atoms with Gasteiger partial charge in [0.05, 0.1) is 6.20 Å². The number of hydrogen-bond donors (Lipinski definition) is 0. The van der Waals surface area contributed by atoms with E-state index in [2.05, 4.69) is 9.98 Å². The molecule has 1 aromatic rings. The molecule has 0 saturated heterocycles. The third-order valence-corrected chi connectivity index (χ3v) is 1.36. The summed E-state index contributed by atoms with van der Waals surface area (Å²) in [5.41, 5.74) is 0. The van der Waals surface area contributed by atoms with Crippen LogP contribution in [0, 0.1) is 6.92 Å². The van der Waals surface area contributed by atoms with Crippen molar-refractivity contribution in [2.75, 3.05) is 0 Å². The molecule has 0 atom stereocenters. The molecular weight excluding hydrogens is 130 g/mol. The lowest BCUT2D eigenvalue weighted by atomic mass is 10.7. The van der Waals surface area contributed by atoms with Crippen LogP contribution in [0.1, 0.15) is 5.82 Å². The van der Waals surface area contributed by atoms with Crippen LogP contribution in [-0.4, -0.2) is 15.6 Å². The van der Waals surface area contributed by atoms with Gasteiger partial charge in [0.15, 0.2) is 5.82 Å². The quantitative estimate of drug-likeness (QED) is 0.422. The van der Waals surface area contributed by atoms with Gasteiger partial charge in [0.1, 0.15) is 5.82 Å². The standard InChI is InChI=1S/C6H7N3O/c1-5-7-3-6(8-4-10)9(5)2/h3H,1-2H3. The Bertz CT molecular complexity index is 283. The zero-order valence-electron chi connectivity index (χ0n) is 5.83. The van der Waals surface area contributed by atoms with Gasteiger partial charge in [0.2, 0.25) is 6.08 Å². The minimum Gasteiger partial charge on any atom is -0.316 e. The average molecular weight is 137 g/mol. The largest absolute Gasteiger partial charge is 0.316 e. The Kier molecular flexibility index (Phi) is 1.65. The molecule has 1 rings (SSSR count). The molecule has 1 aromatic heterocycles. The van der Waals surface area contributed by atoms with E-state index in [0.29, 0.717) is 5.82 Å². The number of aromatic nitrogens is 2. The van der Waals surface area contributed by atoms with Gasteiger partial charge in [-0.3, -0.25) is 0 Å². The van der Waals surface area contributed by atoms with Crippen molar-refractivity contribution in [3.8, 4) is 0 Å². The summed E-state index contributed by atoms with van der Waals surface area (Å²) in [6.07, 6.45) is 2.98. The second kappa shape index (κ2) is 2.45. The SMILES string of the molecule is Cc1ncc(N=C=O)n1C. The smallest absolute Gasteiger partial charge is 0.242 e. The lowest BCUT2D eigenvalue weighted by Gasteiger charge is -1.93. The maximum absolute atomic E-state index is 9.80. The molecule has 0 aliphatic carbocycles. The van der Waals surface area contributed by atoms with Crippen molar-refractivity contribution >= 4 is 11.9 Å². The van der Waals surface area contributed by atoms with E-state index in [1.807, 2.05) is 6.92 Å². The Morgan fingerprint density at radius 1 is 1.80 bits per heavy atom. The van der Waals surface area contributed by atoms with Crippen LogP contribution in [0.3, 0.4) is 0 Å². The van der Waals surface area contributed by atoms with Crippen LogP contribution >= 0.6 is 0 Å². The van der Waals surface area contributed by atoms with Crippen molar-refractivity contribution in [1.29, 1.82) is 0 Å². The number of nitrogens with zero attached hydrogens (tertiary/aromatic N) is 3. The van der Waals surface area contributed by atoms with E-state index in [1.54, 1.807) is 11.6 Å². The number of rotatable bonds is 1. The number of aryl methyl sites for hydroxylation is 1. The van der Waals surface area contributed by atoms with E-state index in [9.17, 15) is 4.79 Å². The predicted molar refractivity (Wildman–Crippen MR) is 35.7 cm³/mol. The molecule has 4 heteroatoms. The van der Waals surface area contributed by atoms with Gasteiger partial charge in [0.25, 0.3) is 0 Å². The summed E-state index contributed by atoms with van der Waals surface area (Å²) in [4.78, 5) is 17.2. The van der Waals surface area contributed by atoms with Gasteiger partial charge in [-0.2, -0.15) is 0 Å². The minimum atomic E-state index is 0.535. The van der Waals surface area contributed by atoms with Crippen molar-refractivity contribution in [2.24, 2.45) is 12.0 Å². The maximum Gasteiger partial charge on any atom is 0.242 e. The fraction of sp³-hybridized carbons (Fsp3) is 0.333. The number of imidazole rings is 1. The molecule has 0 aliphatic heterocycles. The highest BCUT2D eigenvalue weighted by Crippen LogP contribution is 2.09. The summed E-state index contributed by atoms with van der Waals surface area (Å²) in [6, 6.07) is 0. The van der Waals surface area contributed by atoms with Gasteiger partial charge in [-0.05, 0) is 6.92 Å². The zero-order valence-corrected chi connectivity index (χ0v) is 5.83. The van der Waals surface area contributed by atoms with Gasteiger partial charge in [-0.25, -0.2) is 9.78 Å². The molecule has 0 unspecified atom stereocenters. The highest BCUT2D eigenvalue weighted by atomic mass is 16.1. The summed E-state index contributed by atoms with van der Waals surface area (Å²) in [6.45, 7) is 1.84. The molecule has 0 fully saturated rings. The Hall–Kier alpha value is -1.41. The predicted octanol–water partition coefficient (Wildman–Crippen LogP) is 0.696. The summed E-state index contributed by atoms with van der Waals surface area (Å²) in [7, 11) is 1.79. The average Bonchev–Trinajstić information content (AvgIpc) is 2.20. The van der Waals surface area contributed by atoms with Crippen molar-refractivity contribution in [3.63, 3.8) is 0 Å². The molecule has 0 amide bonds. The highest BCUT2D eigenvalue weighted by Gasteiger charge is 1.97. The van der Waals surface area contributed by atoms with E-state index < -0.39 is 0 Å². The molecular formula is C6H7N3O. The van der Waals surface area contributed by atoms with Crippen LogP contribution in [0.5, 0.6) is 0 Å². The van der Waals surface area contributed by atoms with Gasteiger partial charge in [-0.1, -0.05) is 0 Å². The second-order valence-electron chi connectivity index (χ2n) is 1.93. The fourth-order valence-electron chi connectivity index (χ4n) is 0.641. The van der Waals surface area contributed by atoms with Gasteiger partial charge >= 0.3 is 0 Å². The minimum absolute atomic E-state index is 0.535. The van der Waals surface area contributed by atoms with E-state index in [4.69, 9.17) is 0 Å². The summed E-state index contributed by atoms with van der Waals surface area (Å²) < 4.78 is 1.71. The highest BCUT2D eigenvalue weighted by molar-refractivity contribution is 5.44. The molecule has 1 heterocycles. The number of hydrogen-bond acceptors (Lipinski definition) is 3. The van der Waals surface area contributed by atoms with Crippen LogP contribution in [0.2, 0.25) is 0 Å². The number of aliphatic imine (C=N–C) groups is 1. The summed E-state index contributed by atoms with van der Waals surface area (Å²) in [5, 5.41) is 0. The molecule has 0 radical (unpaired) electrons. The first kappa shape index (κ1) is 6.71. The Labute approximate surface area is 58.2 Å². The summed E-state index contributed by atoms with van der Waals surface area (Å²) >= 11 is 0. The van der Waals surface area contributed by atoms with Crippen molar-refractivity contribution in [1.82, 2.24) is 9.55 Å². The van der Waals surface area contributed by atoms with E-state index in [1.165, 1.54) is 12.3 Å². The molecule has 0 aliphatic rings. The van der Waals surface area contributed by atoms with Gasteiger partial charge in [-0.15, -0.1) is 4.99 Å². The number of isocyanates is 1. The van der Waals surface area contributed by atoms with Crippen LogP contribution in [0.15, 0.2) is 11.2 Å². The first-order chi connectivity index (χ1) is 4.75. The molecule has 0 saturated carbocycles. The molecule has 52 valence electrons. The molecule has 10 heavy (non-hydrogen) atoms. The Morgan fingerprint density at radius 3 is 2.90 bits per heavy atom. The van der Waals surface area contributed by atoms with Crippen molar-refractivity contribution in [3.05, 3.63) is 12.0 Å². The van der Waals surface area contributed by atoms with E-state index in [0.717, 1.165) is 5.82 Å². The topological polar surface area (TPSA) is 47.2 Å². The Balaban J connectivity index is 3.17. The Morgan fingerprint density at radius 2 is 2.50 bits per heavy atom. The molecule has 0 N–H and O–H groups in total. The van der Waals surface area contributed by atoms with Crippen LogP contribution in [-0.2, 0) is 11.8 Å². The van der Waals surface area contributed by atoms with Crippen LogP contribution < -0.4 is 0 Å². The summed E-state index contributed by atoms with van der Waals surface area (Å²) in [5.74, 6) is 1.36. The zero-order chi connectivity index (χ0) is 7.56. The molecule has 4 nitrogen and oxygen atoms in total. The van der Waals surface area contributed by atoms with Crippen molar-refractivity contribution in [2.45, 2.75) is 6.92 Å². The maximum atomic E-state index is 9.80. The van der Waals surface area contributed by atoms with Gasteiger partial charge < -0.3 is 4.57 Å². The van der Waals surface area contributed by atoms with Crippen molar-refractivity contribution < 1.29 is 4.79 Å². The molecule has 0 aromatic carbocycles. The monoisotopic (exact) mass is 137 g/mol. The lowest BCUT2D eigenvalue weighted by molar-refractivity contribution is 0.565. The molecule has 0 bridgehead atoms. The molecule has 0 spiro atoms. The van der Waals surface area contributed by atoms with Crippen LogP contribution in [0.25, 0.3) is 0 Å². The third kappa shape index (κ3) is 0.967. The van der Waals surface area contributed by atoms with E-state index >= 15 is 0 Å². The van der Waals surface area contributed by atoms with E-state index in [-0.39, 0.29) is 0 Å². The first-order valence-corrected chi connectivity index (χ1v) is 2.82. The number of carbonyl (C=O) groups excluding carboxylic acids is 1. The first-order valence-electron chi connectivity index (χ1n) is 2.82. The van der Waals surface area contributed by atoms with Crippen LogP contribution in [0.4, 0.5) is 5.82 Å². The third-order valence-electron chi connectivity index (χ3n) is 1.36. The normalized spacial score (nSPS) is 9.00.